The second-order valence-electron chi connectivity index (χ2n) is 9.10. The molecule has 190 valence electrons. The van der Waals surface area contributed by atoms with E-state index in [1.807, 2.05) is 54.6 Å². The van der Waals surface area contributed by atoms with Crippen molar-refractivity contribution in [3.63, 3.8) is 0 Å². The molecule has 0 aliphatic rings. The largest absolute Gasteiger partial charge is 0.422 e. The number of hydrogen-bond acceptors (Lipinski definition) is 3. The molecule has 0 atom stereocenters. The van der Waals surface area contributed by atoms with Crippen LogP contribution in [0.2, 0.25) is 10.0 Å². The molecule has 39 heavy (non-hydrogen) atoms. The lowest BCUT2D eigenvalue weighted by atomic mass is 10.0. The zero-order chi connectivity index (χ0) is 26.8. The first kappa shape index (κ1) is 24.9. The minimum absolute atomic E-state index is 0.362. The number of nitrogens with zero attached hydrogens (tertiary/aromatic N) is 2. The average molecular weight is 549 g/mol. The first-order valence-electron chi connectivity index (χ1n) is 12.4. The van der Waals surface area contributed by atoms with E-state index in [0.717, 1.165) is 16.6 Å². The molecule has 6 heteroatoms. The van der Waals surface area contributed by atoms with E-state index in [-0.39, 0.29) is 0 Å². The van der Waals surface area contributed by atoms with Gasteiger partial charge in [-0.25, -0.2) is 9.78 Å². The molecule has 6 rings (SSSR count). The second kappa shape index (κ2) is 10.8. The van der Waals surface area contributed by atoms with Gasteiger partial charge in [-0.1, -0.05) is 77.8 Å². The summed E-state index contributed by atoms with van der Waals surface area (Å²) in [4.78, 5) is 18.0. The van der Waals surface area contributed by atoms with Crippen molar-refractivity contribution >= 4 is 62.8 Å². The van der Waals surface area contributed by atoms with Crippen LogP contribution < -0.4 is 0 Å². The minimum Gasteiger partial charge on any atom is -0.422 e. The molecule has 0 radical (unpaired) electrons. The van der Waals surface area contributed by atoms with Crippen LogP contribution in [-0.2, 0) is 11.3 Å². The summed E-state index contributed by atoms with van der Waals surface area (Å²) in [6.07, 6.45) is 1.81. The normalized spacial score (nSPS) is 11.7. The van der Waals surface area contributed by atoms with Crippen LogP contribution in [0.1, 0.15) is 27.3 Å². The summed E-state index contributed by atoms with van der Waals surface area (Å²) in [5.74, 6) is 0.531. The van der Waals surface area contributed by atoms with Crippen LogP contribution in [0.3, 0.4) is 0 Å². The molecule has 5 aromatic carbocycles. The maximum atomic E-state index is 13.1. The molecule has 6 aromatic rings. The Morgan fingerprint density at radius 1 is 0.744 bits per heavy atom. The van der Waals surface area contributed by atoms with E-state index in [4.69, 9.17) is 32.9 Å². The number of rotatable bonds is 6. The Morgan fingerprint density at radius 2 is 1.38 bits per heavy atom. The van der Waals surface area contributed by atoms with E-state index in [2.05, 4.69) is 34.9 Å². The van der Waals surface area contributed by atoms with Crippen molar-refractivity contribution < 1.29 is 9.53 Å². The van der Waals surface area contributed by atoms with Crippen LogP contribution in [0, 0.1) is 0 Å². The molecule has 0 aliphatic carbocycles. The molecular formula is C33H22Cl2N2O2. The van der Waals surface area contributed by atoms with Gasteiger partial charge in [-0.05, 0) is 77.0 Å². The number of aromatic nitrogens is 2. The molecule has 0 saturated heterocycles. The standard InChI is InChI=1S/C33H22Cl2N2O2/c34-26-16-12-23(13-17-26)31(39-33(38)24-14-18-27(35)19-15-24)20-32-36-29-10-3-4-11-30(29)37(32)21-25-8-5-7-22-6-1-2-9-28(22)25/h1-20H,21H2/b31-20+. The van der Waals surface area contributed by atoms with Crippen molar-refractivity contribution in [2.45, 2.75) is 6.54 Å². The monoisotopic (exact) mass is 548 g/mol. The Labute approximate surface area is 235 Å². The van der Waals surface area contributed by atoms with Gasteiger partial charge in [0, 0.05) is 21.7 Å². The van der Waals surface area contributed by atoms with E-state index in [1.54, 1.807) is 36.4 Å². The number of carbonyl (C=O) groups excluding carboxylic acids is 1. The third kappa shape index (κ3) is 5.30. The van der Waals surface area contributed by atoms with Crippen LogP contribution in [0.4, 0.5) is 0 Å². The molecule has 0 unspecified atom stereocenters. The second-order valence-corrected chi connectivity index (χ2v) is 9.97. The van der Waals surface area contributed by atoms with Crippen molar-refractivity contribution in [1.82, 2.24) is 9.55 Å². The van der Waals surface area contributed by atoms with Gasteiger partial charge in [0.05, 0.1) is 23.1 Å². The Kier molecular flexibility index (Phi) is 6.89. The highest BCUT2D eigenvalue weighted by Gasteiger charge is 2.17. The summed E-state index contributed by atoms with van der Waals surface area (Å²) in [5.41, 5.74) is 4.09. The topological polar surface area (TPSA) is 44.1 Å². The number of para-hydroxylation sites is 2. The lowest BCUT2D eigenvalue weighted by molar-refractivity contribution is 0.0693. The minimum atomic E-state index is -0.496. The Bertz CT molecular complexity index is 1830. The van der Waals surface area contributed by atoms with Crippen LogP contribution in [0.15, 0.2) is 115 Å². The highest BCUT2D eigenvalue weighted by Crippen LogP contribution is 2.27. The molecule has 1 aromatic heterocycles. The number of hydrogen-bond donors (Lipinski definition) is 0. The maximum absolute atomic E-state index is 13.1. The van der Waals surface area contributed by atoms with Crippen LogP contribution in [-0.4, -0.2) is 15.5 Å². The fourth-order valence-corrected chi connectivity index (χ4v) is 4.87. The van der Waals surface area contributed by atoms with Gasteiger partial charge in [-0.3, -0.25) is 0 Å². The molecule has 0 saturated carbocycles. The first-order valence-corrected chi connectivity index (χ1v) is 13.2. The summed E-state index contributed by atoms with van der Waals surface area (Å²) >= 11 is 12.2. The highest BCUT2D eigenvalue weighted by atomic mass is 35.5. The Hall–Kier alpha value is -4.38. The lowest BCUT2D eigenvalue weighted by Crippen LogP contribution is -2.07. The van der Waals surface area contributed by atoms with Crippen molar-refractivity contribution in [2.24, 2.45) is 0 Å². The number of ether oxygens (including phenoxy) is 1. The maximum Gasteiger partial charge on any atom is 0.343 e. The molecule has 1 heterocycles. The lowest BCUT2D eigenvalue weighted by Gasteiger charge is -2.13. The number of imidazole rings is 1. The Morgan fingerprint density at radius 3 is 2.15 bits per heavy atom. The van der Waals surface area contributed by atoms with Gasteiger partial charge >= 0.3 is 5.97 Å². The molecular weight excluding hydrogens is 527 g/mol. The zero-order valence-corrected chi connectivity index (χ0v) is 22.2. The molecule has 0 N–H and O–H groups in total. The zero-order valence-electron chi connectivity index (χ0n) is 20.7. The van der Waals surface area contributed by atoms with Crippen molar-refractivity contribution in [2.75, 3.05) is 0 Å². The van der Waals surface area contributed by atoms with Gasteiger partial charge in [0.1, 0.15) is 11.6 Å². The average Bonchev–Trinajstić information content (AvgIpc) is 3.30. The molecule has 0 bridgehead atoms. The highest BCUT2D eigenvalue weighted by molar-refractivity contribution is 6.31. The fourth-order valence-electron chi connectivity index (χ4n) is 4.62. The number of fused-ring (bicyclic) bond motifs is 2. The van der Waals surface area contributed by atoms with Crippen molar-refractivity contribution in [3.8, 4) is 0 Å². The van der Waals surface area contributed by atoms with E-state index in [1.165, 1.54) is 10.8 Å². The van der Waals surface area contributed by atoms with Crippen LogP contribution in [0.5, 0.6) is 0 Å². The van der Waals surface area contributed by atoms with E-state index >= 15 is 0 Å². The van der Waals surface area contributed by atoms with Gasteiger partial charge in [0.25, 0.3) is 0 Å². The SMILES string of the molecule is O=C(O/C(=C/c1nc2ccccc2n1Cc1cccc2ccccc12)c1ccc(Cl)cc1)c1ccc(Cl)cc1. The number of esters is 1. The number of carbonyl (C=O) groups is 1. The van der Waals surface area contributed by atoms with Crippen LogP contribution in [0.25, 0.3) is 33.6 Å². The predicted molar refractivity (Wildman–Crippen MR) is 159 cm³/mol. The van der Waals surface area contributed by atoms with Gasteiger partial charge in [0.2, 0.25) is 0 Å². The summed E-state index contributed by atoms with van der Waals surface area (Å²) in [6, 6.07) is 36.4. The summed E-state index contributed by atoms with van der Waals surface area (Å²) in [5, 5.41) is 3.49. The van der Waals surface area contributed by atoms with Gasteiger partial charge < -0.3 is 9.30 Å². The molecule has 0 spiro atoms. The van der Waals surface area contributed by atoms with Crippen molar-refractivity contribution in [3.05, 3.63) is 148 Å². The molecule has 0 aliphatic heterocycles. The summed E-state index contributed by atoms with van der Waals surface area (Å²) in [7, 11) is 0. The summed E-state index contributed by atoms with van der Waals surface area (Å²) in [6.45, 7) is 0.590. The predicted octanol–water partition coefficient (Wildman–Crippen LogP) is 8.90. The van der Waals surface area contributed by atoms with E-state index in [0.29, 0.717) is 39.3 Å². The third-order valence-corrected chi connectivity index (χ3v) is 7.07. The van der Waals surface area contributed by atoms with E-state index in [9.17, 15) is 4.79 Å². The van der Waals surface area contributed by atoms with Gasteiger partial charge in [0.15, 0.2) is 0 Å². The fraction of sp³-hybridized carbons (Fsp3) is 0.0303. The van der Waals surface area contributed by atoms with Gasteiger partial charge in [-0.2, -0.15) is 0 Å². The number of halogens is 2. The molecule has 4 nitrogen and oxygen atoms in total. The quantitative estimate of drug-likeness (QED) is 0.154. The van der Waals surface area contributed by atoms with Crippen molar-refractivity contribution in [1.29, 1.82) is 0 Å². The summed E-state index contributed by atoms with van der Waals surface area (Å²) < 4.78 is 8.10. The van der Waals surface area contributed by atoms with Crippen LogP contribution >= 0.6 is 23.2 Å². The number of benzene rings is 5. The Balaban J connectivity index is 1.47. The smallest absolute Gasteiger partial charge is 0.343 e. The third-order valence-electron chi connectivity index (χ3n) is 6.56. The first-order chi connectivity index (χ1) is 19.0. The molecule has 0 fully saturated rings. The molecule has 0 amide bonds. The van der Waals surface area contributed by atoms with Gasteiger partial charge in [-0.15, -0.1) is 0 Å². The van der Waals surface area contributed by atoms with E-state index < -0.39 is 5.97 Å².